The number of likely N-dealkylation sites (tertiary alicyclic amines) is 1. The molecule has 25 heavy (non-hydrogen) atoms. The minimum atomic E-state index is -0.288. The first-order valence-electron chi connectivity index (χ1n) is 8.30. The second kappa shape index (κ2) is 8.12. The van der Waals surface area contributed by atoms with E-state index < -0.39 is 0 Å². The quantitative estimate of drug-likeness (QED) is 0.863. The maximum absolute atomic E-state index is 12.3. The van der Waals surface area contributed by atoms with Crippen molar-refractivity contribution >= 4 is 23.4 Å². The Morgan fingerprint density at radius 3 is 2.88 bits per heavy atom. The maximum atomic E-state index is 12.3. The first kappa shape index (κ1) is 17.4. The topological polar surface area (TPSA) is 62.3 Å². The molecule has 1 unspecified atom stereocenters. The predicted octanol–water partition coefficient (Wildman–Crippen LogP) is 2.44. The highest BCUT2D eigenvalue weighted by Crippen LogP contribution is 2.19. The third kappa shape index (κ3) is 4.79. The average molecular weight is 358 g/mol. The molecular formula is C19H20ClN3O2. The Morgan fingerprint density at radius 1 is 1.28 bits per heavy atom. The van der Waals surface area contributed by atoms with Crippen LogP contribution in [0.1, 0.15) is 17.5 Å². The van der Waals surface area contributed by atoms with Gasteiger partial charge in [0, 0.05) is 43.5 Å². The SMILES string of the molecule is O=C(NCc1cccnc1)C1CC(=O)N(CCc2cccc(Cl)c2)C1. The van der Waals surface area contributed by atoms with E-state index in [9.17, 15) is 9.59 Å². The molecule has 1 fully saturated rings. The summed E-state index contributed by atoms with van der Waals surface area (Å²) in [5.74, 6) is -0.338. The van der Waals surface area contributed by atoms with Gasteiger partial charge in [0.05, 0.1) is 5.92 Å². The summed E-state index contributed by atoms with van der Waals surface area (Å²) in [6.45, 7) is 1.50. The average Bonchev–Trinajstić information content (AvgIpc) is 3.00. The summed E-state index contributed by atoms with van der Waals surface area (Å²) in [5.41, 5.74) is 2.03. The van der Waals surface area contributed by atoms with Gasteiger partial charge >= 0.3 is 0 Å². The molecule has 1 aromatic heterocycles. The number of hydrogen-bond donors (Lipinski definition) is 1. The number of rotatable bonds is 6. The van der Waals surface area contributed by atoms with E-state index in [1.165, 1.54) is 0 Å². The van der Waals surface area contributed by atoms with E-state index >= 15 is 0 Å². The van der Waals surface area contributed by atoms with Crippen molar-refractivity contribution in [2.75, 3.05) is 13.1 Å². The molecular weight excluding hydrogens is 338 g/mol. The second-order valence-electron chi connectivity index (χ2n) is 6.20. The Labute approximate surface area is 152 Å². The monoisotopic (exact) mass is 357 g/mol. The number of aromatic nitrogens is 1. The first-order valence-corrected chi connectivity index (χ1v) is 8.68. The molecule has 0 saturated carbocycles. The van der Waals surface area contributed by atoms with Gasteiger partial charge in [0.15, 0.2) is 0 Å². The third-order valence-corrected chi connectivity index (χ3v) is 4.57. The minimum absolute atomic E-state index is 0.0311. The van der Waals surface area contributed by atoms with Crippen LogP contribution < -0.4 is 5.32 Å². The lowest BCUT2D eigenvalue weighted by atomic mass is 10.1. The van der Waals surface area contributed by atoms with Crippen LogP contribution in [0.15, 0.2) is 48.8 Å². The Kier molecular flexibility index (Phi) is 5.66. The van der Waals surface area contributed by atoms with Gasteiger partial charge in [-0.1, -0.05) is 29.8 Å². The molecule has 1 atom stereocenters. The van der Waals surface area contributed by atoms with Crippen LogP contribution in [0.25, 0.3) is 0 Å². The lowest BCUT2D eigenvalue weighted by Crippen LogP contribution is -2.33. The van der Waals surface area contributed by atoms with E-state index in [0.717, 1.165) is 17.5 Å². The van der Waals surface area contributed by atoms with Gasteiger partial charge in [0.25, 0.3) is 0 Å². The fourth-order valence-electron chi connectivity index (χ4n) is 2.96. The molecule has 3 rings (SSSR count). The van der Waals surface area contributed by atoms with Gasteiger partial charge in [-0.15, -0.1) is 0 Å². The van der Waals surface area contributed by atoms with Crippen LogP contribution in [0.5, 0.6) is 0 Å². The number of pyridine rings is 1. The summed E-state index contributed by atoms with van der Waals surface area (Å²) < 4.78 is 0. The summed E-state index contributed by atoms with van der Waals surface area (Å²) in [6.07, 6.45) is 4.42. The fraction of sp³-hybridized carbons (Fsp3) is 0.316. The Morgan fingerprint density at radius 2 is 2.12 bits per heavy atom. The van der Waals surface area contributed by atoms with Crippen molar-refractivity contribution in [2.45, 2.75) is 19.4 Å². The molecule has 1 aromatic carbocycles. The van der Waals surface area contributed by atoms with Crippen LogP contribution in [0.2, 0.25) is 5.02 Å². The Bertz CT molecular complexity index is 751. The van der Waals surface area contributed by atoms with Crippen molar-refractivity contribution < 1.29 is 9.59 Å². The van der Waals surface area contributed by atoms with Crippen LogP contribution in [-0.2, 0) is 22.6 Å². The third-order valence-electron chi connectivity index (χ3n) is 4.33. The van der Waals surface area contributed by atoms with Crippen molar-refractivity contribution in [1.29, 1.82) is 0 Å². The van der Waals surface area contributed by atoms with E-state index in [1.807, 2.05) is 36.4 Å². The molecule has 6 heteroatoms. The van der Waals surface area contributed by atoms with Crippen LogP contribution >= 0.6 is 11.6 Å². The van der Waals surface area contributed by atoms with E-state index in [2.05, 4.69) is 10.3 Å². The van der Waals surface area contributed by atoms with Crippen molar-refractivity contribution in [3.8, 4) is 0 Å². The lowest BCUT2D eigenvalue weighted by Gasteiger charge is -2.16. The van der Waals surface area contributed by atoms with Crippen LogP contribution in [0.4, 0.5) is 0 Å². The highest BCUT2D eigenvalue weighted by atomic mass is 35.5. The summed E-state index contributed by atoms with van der Waals surface area (Å²) in [7, 11) is 0. The summed E-state index contributed by atoms with van der Waals surface area (Å²) in [4.78, 5) is 30.2. The highest BCUT2D eigenvalue weighted by Gasteiger charge is 2.33. The molecule has 130 valence electrons. The zero-order valence-electron chi connectivity index (χ0n) is 13.8. The van der Waals surface area contributed by atoms with Gasteiger partial charge in [-0.25, -0.2) is 0 Å². The van der Waals surface area contributed by atoms with E-state index in [0.29, 0.717) is 24.7 Å². The van der Waals surface area contributed by atoms with Gasteiger partial charge in [0.2, 0.25) is 11.8 Å². The minimum Gasteiger partial charge on any atom is -0.352 e. The van der Waals surface area contributed by atoms with Crippen LogP contribution in [0.3, 0.4) is 0 Å². The summed E-state index contributed by atoms with van der Waals surface area (Å²) >= 11 is 5.98. The number of carbonyl (C=O) groups is 2. The lowest BCUT2D eigenvalue weighted by molar-refractivity contribution is -0.129. The Hall–Kier alpha value is -2.40. The number of halogens is 1. The van der Waals surface area contributed by atoms with Gasteiger partial charge < -0.3 is 10.2 Å². The van der Waals surface area contributed by atoms with Crippen molar-refractivity contribution in [3.63, 3.8) is 0 Å². The smallest absolute Gasteiger partial charge is 0.225 e. The molecule has 5 nitrogen and oxygen atoms in total. The summed E-state index contributed by atoms with van der Waals surface area (Å²) in [5, 5.41) is 3.58. The largest absolute Gasteiger partial charge is 0.352 e. The second-order valence-corrected chi connectivity index (χ2v) is 6.64. The van der Waals surface area contributed by atoms with Crippen molar-refractivity contribution in [2.24, 2.45) is 5.92 Å². The van der Waals surface area contributed by atoms with Crippen LogP contribution in [0, 0.1) is 5.92 Å². The number of nitrogens with zero attached hydrogens (tertiary/aromatic N) is 2. The zero-order chi connectivity index (χ0) is 17.6. The molecule has 2 heterocycles. The molecule has 0 bridgehead atoms. The van der Waals surface area contributed by atoms with Crippen molar-refractivity contribution in [1.82, 2.24) is 15.2 Å². The molecule has 1 aliphatic heterocycles. The standard InChI is InChI=1S/C19H20ClN3O2/c20-17-5-1-3-14(9-17)6-8-23-13-16(10-18(23)24)19(25)22-12-15-4-2-7-21-11-15/h1-5,7,9,11,16H,6,8,10,12-13H2,(H,22,25). The van der Waals surface area contributed by atoms with E-state index in [1.54, 1.807) is 17.3 Å². The predicted molar refractivity (Wildman–Crippen MR) is 95.9 cm³/mol. The highest BCUT2D eigenvalue weighted by molar-refractivity contribution is 6.30. The molecule has 0 aliphatic carbocycles. The molecule has 1 saturated heterocycles. The van der Waals surface area contributed by atoms with Crippen molar-refractivity contribution in [3.05, 3.63) is 64.9 Å². The van der Waals surface area contributed by atoms with Gasteiger partial charge in [-0.3, -0.25) is 14.6 Å². The molecule has 0 radical (unpaired) electrons. The van der Waals surface area contributed by atoms with Gasteiger partial charge in [-0.2, -0.15) is 0 Å². The van der Waals surface area contributed by atoms with Crippen LogP contribution in [-0.4, -0.2) is 34.8 Å². The molecule has 2 amide bonds. The number of nitrogens with one attached hydrogen (secondary N) is 1. The normalized spacial score (nSPS) is 16.9. The maximum Gasteiger partial charge on any atom is 0.225 e. The number of amides is 2. The molecule has 0 spiro atoms. The molecule has 1 N–H and O–H groups in total. The summed E-state index contributed by atoms with van der Waals surface area (Å²) in [6, 6.07) is 11.4. The fourth-order valence-corrected chi connectivity index (χ4v) is 3.17. The van der Waals surface area contributed by atoms with Gasteiger partial charge in [0.1, 0.15) is 0 Å². The number of benzene rings is 1. The molecule has 1 aliphatic rings. The Balaban J connectivity index is 1.49. The number of hydrogen-bond acceptors (Lipinski definition) is 3. The zero-order valence-corrected chi connectivity index (χ0v) is 14.6. The van der Waals surface area contributed by atoms with E-state index in [4.69, 9.17) is 11.6 Å². The van der Waals surface area contributed by atoms with E-state index in [-0.39, 0.29) is 24.2 Å². The number of carbonyl (C=O) groups excluding carboxylic acids is 2. The first-order chi connectivity index (χ1) is 12.1. The molecule has 2 aromatic rings. The van der Waals surface area contributed by atoms with Gasteiger partial charge in [-0.05, 0) is 35.7 Å².